The number of aryl methyl sites for hydroxylation is 1. The van der Waals surface area contributed by atoms with Crippen LogP contribution >= 0.6 is 0 Å². The van der Waals surface area contributed by atoms with Crippen molar-refractivity contribution in [1.82, 2.24) is 19.7 Å². The van der Waals surface area contributed by atoms with Gasteiger partial charge < -0.3 is 5.32 Å². The third kappa shape index (κ3) is 6.35. The normalized spacial score (nSPS) is 12.9. The molecule has 13 heteroatoms. The van der Waals surface area contributed by atoms with E-state index in [4.69, 9.17) is 0 Å². The molecule has 2 amide bonds. The number of amides is 2. The molecule has 9 nitrogen and oxygen atoms in total. The molecule has 42 heavy (non-hydrogen) atoms. The molecule has 2 aromatic heterocycles. The fourth-order valence-corrected chi connectivity index (χ4v) is 5.61. The Labute approximate surface area is 240 Å². The third-order valence-electron chi connectivity index (χ3n) is 6.61. The fourth-order valence-electron chi connectivity index (χ4n) is 4.34. The summed E-state index contributed by atoms with van der Waals surface area (Å²) in [4.78, 5) is 38.9. The Hall–Kier alpha value is -4.52. The van der Waals surface area contributed by atoms with Crippen molar-refractivity contribution in [1.29, 1.82) is 0 Å². The molecular formula is C29H28F3N5O4S. The first-order valence-corrected chi connectivity index (χ1v) is 14.7. The molecule has 2 aromatic carbocycles. The van der Waals surface area contributed by atoms with Gasteiger partial charge in [-0.3, -0.25) is 23.6 Å². The predicted molar refractivity (Wildman–Crippen MR) is 152 cm³/mol. The molecule has 0 spiro atoms. The van der Waals surface area contributed by atoms with E-state index in [2.05, 4.69) is 14.8 Å². The highest BCUT2D eigenvalue weighted by Gasteiger charge is 2.31. The number of benzene rings is 2. The average Bonchev–Trinajstić information content (AvgIpc) is 3.37. The van der Waals surface area contributed by atoms with Crippen LogP contribution in [0.25, 0.3) is 16.9 Å². The van der Waals surface area contributed by atoms with E-state index in [1.165, 1.54) is 35.3 Å². The van der Waals surface area contributed by atoms with Gasteiger partial charge >= 0.3 is 6.18 Å². The van der Waals surface area contributed by atoms with Crippen LogP contribution in [0.5, 0.6) is 0 Å². The topological polar surface area (TPSA) is 115 Å². The number of rotatable bonds is 7. The Kier molecular flexibility index (Phi) is 8.53. The van der Waals surface area contributed by atoms with Crippen LogP contribution in [0.1, 0.15) is 40.5 Å². The lowest BCUT2D eigenvalue weighted by Gasteiger charge is -2.18. The second kappa shape index (κ2) is 11.8. The summed E-state index contributed by atoms with van der Waals surface area (Å²) in [7, 11) is -1.26. The van der Waals surface area contributed by atoms with Crippen molar-refractivity contribution >= 4 is 21.5 Å². The molecule has 4 aromatic rings. The summed E-state index contributed by atoms with van der Waals surface area (Å²) in [6.07, 6.45) is -1.61. The molecule has 1 atom stereocenters. The van der Waals surface area contributed by atoms with Crippen LogP contribution in [0.3, 0.4) is 0 Å². The highest BCUT2D eigenvalue weighted by atomic mass is 32.2. The van der Waals surface area contributed by atoms with Crippen LogP contribution in [0.2, 0.25) is 0 Å². The highest BCUT2D eigenvalue weighted by Crippen LogP contribution is 2.31. The van der Waals surface area contributed by atoms with Gasteiger partial charge in [-0.15, -0.1) is 0 Å². The first kappa shape index (κ1) is 30.4. The smallest absolute Gasteiger partial charge is 0.348 e. The molecule has 0 bridgehead atoms. The fraction of sp³-hybridized carbons (Fsp3) is 0.241. The van der Waals surface area contributed by atoms with Crippen molar-refractivity contribution in [3.05, 3.63) is 99.6 Å². The van der Waals surface area contributed by atoms with Gasteiger partial charge in [0, 0.05) is 54.3 Å². The van der Waals surface area contributed by atoms with E-state index in [0.717, 1.165) is 16.7 Å². The molecule has 1 unspecified atom stereocenters. The van der Waals surface area contributed by atoms with Crippen molar-refractivity contribution < 1.29 is 27.0 Å². The number of hydrogen-bond donors (Lipinski definition) is 1. The van der Waals surface area contributed by atoms with E-state index in [9.17, 15) is 31.8 Å². The number of nitrogens with zero attached hydrogens (tertiary/aromatic N) is 4. The van der Waals surface area contributed by atoms with E-state index >= 15 is 0 Å². The summed E-state index contributed by atoms with van der Waals surface area (Å²) in [6.45, 7) is 3.20. The molecule has 0 aliphatic heterocycles. The van der Waals surface area contributed by atoms with Gasteiger partial charge in [-0.25, -0.2) is 4.21 Å². The Morgan fingerprint density at radius 3 is 2.36 bits per heavy atom. The van der Waals surface area contributed by atoms with Gasteiger partial charge in [0.2, 0.25) is 0 Å². The molecule has 220 valence electrons. The van der Waals surface area contributed by atoms with Crippen LogP contribution in [-0.2, 0) is 34.3 Å². The maximum Gasteiger partial charge on any atom is 0.416 e. The van der Waals surface area contributed by atoms with Crippen LogP contribution in [0.15, 0.2) is 80.9 Å². The van der Waals surface area contributed by atoms with Crippen molar-refractivity contribution in [2.75, 3.05) is 6.26 Å². The van der Waals surface area contributed by atoms with Crippen molar-refractivity contribution in [2.45, 2.75) is 37.9 Å². The zero-order valence-corrected chi connectivity index (χ0v) is 24.0. The number of alkyl halides is 3. The second-order valence-corrected chi connectivity index (χ2v) is 11.8. The maximum absolute atomic E-state index is 13.6. The Morgan fingerprint density at radius 2 is 1.76 bits per heavy atom. The molecule has 1 N–H and O–H groups in total. The summed E-state index contributed by atoms with van der Waals surface area (Å²) in [5.74, 6) is -1.21. The van der Waals surface area contributed by atoms with Gasteiger partial charge in [0.1, 0.15) is 5.56 Å². The molecule has 0 radical (unpaired) electrons. The SMILES string of the molecule is CCC(=O)N=S(C)(=O)c1ccc(CNC(=O)c2cc(-c3ccnn3C)c(C)n(-c3cccc(C(F)(F)F)c3)c2=O)cc1. The standard InChI is InChI=1S/C29H28F3N5O4S/c1-5-26(38)35-42(4,41)22-11-9-19(10-12-22)17-33-27(39)24-16-23(25-13-14-34-36(25)3)18(2)37(28(24)40)21-8-6-7-20(15-21)29(30,31)32/h6-16H,5,17H2,1-4H3,(H,33,39). The summed E-state index contributed by atoms with van der Waals surface area (Å²) in [6, 6.07) is 13.7. The largest absolute Gasteiger partial charge is 0.416 e. The predicted octanol–water partition coefficient (Wildman–Crippen LogP) is 4.89. The van der Waals surface area contributed by atoms with E-state index in [-0.39, 0.29) is 24.2 Å². The lowest BCUT2D eigenvalue weighted by Crippen LogP contribution is -2.33. The van der Waals surface area contributed by atoms with Crippen LogP contribution < -0.4 is 10.9 Å². The minimum atomic E-state index is -4.63. The molecule has 0 saturated heterocycles. The summed E-state index contributed by atoms with van der Waals surface area (Å²) in [5.41, 5.74) is -0.132. The zero-order valence-electron chi connectivity index (χ0n) is 23.2. The summed E-state index contributed by atoms with van der Waals surface area (Å²) in [5, 5.41) is 6.81. The number of hydrogen-bond acceptors (Lipinski definition) is 5. The van der Waals surface area contributed by atoms with Crippen molar-refractivity contribution in [3.8, 4) is 16.9 Å². The van der Waals surface area contributed by atoms with E-state index in [1.54, 1.807) is 51.2 Å². The maximum atomic E-state index is 13.6. The zero-order chi connectivity index (χ0) is 30.8. The van der Waals surface area contributed by atoms with E-state index < -0.39 is 38.8 Å². The van der Waals surface area contributed by atoms with Crippen LogP contribution in [0, 0.1) is 6.92 Å². The summed E-state index contributed by atoms with van der Waals surface area (Å²) < 4.78 is 59.6. The van der Waals surface area contributed by atoms with Gasteiger partial charge in [-0.1, -0.05) is 25.1 Å². The average molecular weight is 600 g/mol. The number of aromatic nitrogens is 3. The molecule has 4 rings (SSSR count). The molecule has 0 aliphatic carbocycles. The lowest BCUT2D eigenvalue weighted by atomic mass is 10.1. The summed E-state index contributed by atoms with van der Waals surface area (Å²) >= 11 is 0. The number of halogens is 3. The first-order valence-electron chi connectivity index (χ1n) is 12.8. The molecule has 0 saturated carbocycles. The van der Waals surface area contributed by atoms with Gasteiger partial charge in [-0.2, -0.15) is 22.6 Å². The molecule has 0 aliphatic rings. The number of carbonyl (C=O) groups excluding carboxylic acids is 2. The van der Waals surface area contributed by atoms with E-state index in [1.807, 2.05) is 0 Å². The quantitative estimate of drug-likeness (QED) is 0.325. The highest BCUT2D eigenvalue weighted by molar-refractivity contribution is 7.93. The Balaban J connectivity index is 1.72. The third-order valence-corrected chi connectivity index (χ3v) is 8.31. The number of pyridine rings is 1. The first-order chi connectivity index (χ1) is 19.7. The van der Waals surface area contributed by atoms with Gasteiger partial charge in [0.15, 0.2) is 0 Å². The second-order valence-electron chi connectivity index (χ2n) is 9.55. The van der Waals surface area contributed by atoms with E-state index in [0.29, 0.717) is 27.4 Å². The molecular weight excluding hydrogens is 571 g/mol. The van der Waals surface area contributed by atoms with Gasteiger partial charge in [-0.05, 0) is 55.0 Å². The number of carbonyl (C=O) groups is 2. The minimum absolute atomic E-state index is 0.00697. The molecule has 2 heterocycles. The van der Waals surface area contributed by atoms with Gasteiger partial charge in [0.25, 0.3) is 17.4 Å². The monoisotopic (exact) mass is 599 g/mol. The number of nitrogens with one attached hydrogen (secondary N) is 1. The van der Waals surface area contributed by atoms with Gasteiger partial charge in [0.05, 0.1) is 21.0 Å². The van der Waals surface area contributed by atoms with Crippen molar-refractivity contribution in [2.24, 2.45) is 11.4 Å². The van der Waals surface area contributed by atoms with Crippen molar-refractivity contribution in [3.63, 3.8) is 0 Å². The van der Waals surface area contributed by atoms with Crippen LogP contribution in [0.4, 0.5) is 13.2 Å². The Morgan fingerprint density at radius 1 is 1.07 bits per heavy atom. The Bertz CT molecular complexity index is 1850. The minimum Gasteiger partial charge on any atom is -0.348 e. The van der Waals surface area contributed by atoms with Crippen LogP contribution in [-0.4, -0.2) is 36.6 Å². The molecule has 0 fully saturated rings. The lowest BCUT2D eigenvalue weighted by molar-refractivity contribution is -0.137.